The normalized spacial score (nSPS) is 13.1. The average molecular weight is 140 g/mol. The second kappa shape index (κ2) is 5.28. The summed E-state index contributed by atoms with van der Waals surface area (Å²) in [5.41, 5.74) is 0. The Hall–Kier alpha value is -0.520. The highest BCUT2D eigenvalue weighted by Gasteiger charge is 2.00. The van der Waals surface area contributed by atoms with Crippen LogP contribution in [0.15, 0.2) is 0 Å². The highest BCUT2D eigenvalue weighted by molar-refractivity contribution is 4.97. The first-order chi connectivity index (χ1) is 4.70. The standard InChI is InChI=1S/C8H16N2/c1-5-8(9-2)6-7-10(3)4/h1,8-9H,6-7H2,2-4H3. The van der Waals surface area contributed by atoms with Crippen LogP contribution in [0.1, 0.15) is 6.42 Å². The third-order valence-corrected chi connectivity index (χ3v) is 1.41. The lowest BCUT2D eigenvalue weighted by Crippen LogP contribution is -2.27. The zero-order chi connectivity index (χ0) is 7.98. The Morgan fingerprint density at radius 1 is 1.60 bits per heavy atom. The van der Waals surface area contributed by atoms with Crippen LogP contribution in [0.4, 0.5) is 0 Å². The van der Waals surface area contributed by atoms with E-state index in [9.17, 15) is 0 Å². The summed E-state index contributed by atoms with van der Waals surface area (Å²) in [5, 5.41) is 3.04. The van der Waals surface area contributed by atoms with E-state index in [-0.39, 0.29) is 6.04 Å². The molecule has 10 heavy (non-hydrogen) atoms. The second-order valence-electron chi connectivity index (χ2n) is 2.60. The van der Waals surface area contributed by atoms with Gasteiger partial charge in [0.15, 0.2) is 0 Å². The molecular formula is C8H16N2. The fourth-order valence-corrected chi connectivity index (χ4v) is 0.698. The lowest BCUT2D eigenvalue weighted by Gasteiger charge is -2.13. The van der Waals surface area contributed by atoms with Crippen molar-refractivity contribution in [1.29, 1.82) is 0 Å². The Balaban J connectivity index is 3.38. The van der Waals surface area contributed by atoms with E-state index >= 15 is 0 Å². The van der Waals surface area contributed by atoms with E-state index in [0.717, 1.165) is 13.0 Å². The lowest BCUT2D eigenvalue weighted by molar-refractivity contribution is 0.385. The van der Waals surface area contributed by atoms with Crippen LogP contribution in [0.25, 0.3) is 0 Å². The highest BCUT2D eigenvalue weighted by atomic mass is 15.1. The number of terminal acetylenes is 1. The molecule has 0 aromatic carbocycles. The molecule has 2 heteroatoms. The highest BCUT2D eigenvalue weighted by Crippen LogP contribution is 1.89. The maximum atomic E-state index is 5.24. The van der Waals surface area contributed by atoms with Crippen molar-refractivity contribution in [1.82, 2.24) is 10.2 Å². The summed E-state index contributed by atoms with van der Waals surface area (Å²) in [7, 11) is 5.98. The van der Waals surface area contributed by atoms with E-state index in [0.29, 0.717) is 0 Å². The van der Waals surface area contributed by atoms with Crippen LogP contribution >= 0.6 is 0 Å². The van der Waals surface area contributed by atoms with Gasteiger partial charge >= 0.3 is 0 Å². The van der Waals surface area contributed by atoms with Crippen LogP contribution in [0.3, 0.4) is 0 Å². The zero-order valence-electron chi connectivity index (χ0n) is 7.02. The molecule has 0 spiro atoms. The van der Waals surface area contributed by atoms with Gasteiger partial charge < -0.3 is 10.2 Å². The molecule has 0 amide bonds. The Bertz CT molecular complexity index is 113. The molecule has 0 aliphatic carbocycles. The van der Waals surface area contributed by atoms with Crippen LogP contribution < -0.4 is 5.32 Å². The first kappa shape index (κ1) is 9.48. The SMILES string of the molecule is C#CC(CCN(C)C)NC. The monoisotopic (exact) mass is 140 g/mol. The van der Waals surface area contributed by atoms with Gasteiger partial charge in [-0.2, -0.15) is 0 Å². The Morgan fingerprint density at radius 2 is 2.20 bits per heavy atom. The van der Waals surface area contributed by atoms with Crippen molar-refractivity contribution >= 4 is 0 Å². The summed E-state index contributed by atoms with van der Waals surface area (Å²) in [6, 6.07) is 0.224. The fraction of sp³-hybridized carbons (Fsp3) is 0.750. The van der Waals surface area contributed by atoms with Crippen molar-refractivity contribution < 1.29 is 0 Å². The quantitative estimate of drug-likeness (QED) is 0.560. The minimum atomic E-state index is 0.224. The minimum absolute atomic E-state index is 0.224. The first-order valence-corrected chi connectivity index (χ1v) is 3.48. The molecule has 1 unspecified atom stereocenters. The van der Waals surface area contributed by atoms with Gasteiger partial charge in [-0.15, -0.1) is 6.42 Å². The summed E-state index contributed by atoms with van der Waals surface area (Å²) in [5.74, 6) is 2.67. The maximum absolute atomic E-state index is 5.24. The first-order valence-electron chi connectivity index (χ1n) is 3.48. The molecular weight excluding hydrogens is 124 g/mol. The van der Waals surface area contributed by atoms with E-state index in [1.54, 1.807) is 0 Å². The van der Waals surface area contributed by atoms with Crippen molar-refractivity contribution in [2.75, 3.05) is 27.7 Å². The predicted molar refractivity (Wildman–Crippen MR) is 44.9 cm³/mol. The molecule has 0 bridgehead atoms. The van der Waals surface area contributed by atoms with Gasteiger partial charge in [0.25, 0.3) is 0 Å². The topological polar surface area (TPSA) is 15.3 Å². The number of hydrogen-bond acceptors (Lipinski definition) is 2. The Morgan fingerprint density at radius 3 is 2.50 bits per heavy atom. The van der Waals surface area contributed by atoms with Crippen LogP contribution in [0.2, 0.25) is 0 Å². The molecule has 0 saturated carbocycles. The van der Waals surface area contributed by atoms with Crippen molar-refractivity contribution in [3.63, 3.8) is 0 Å². The molecule has 0 fully saturated rings. The van der Waals surface area contributed by atoms with Gasteiger partial charge in [0.1, 0.15) is 0 Å². The number of nitrogens with zero attached hydrogens (tertiary/aromatic N) is 1. The molecule has 0 radical (unpaired) electrons. The van der Waals surface area contributed by atoms with Gasteiger partial charge in [0.2, 0.25) is 0 Å². The molecule has 58 valence electrons. The van der Waals surface area contributed by atoms with E-state index in [4.69, 9.17) is 6.42 Å². The van der Waals surface area contributed by atoms with Crippen LogP contribution in [0, 0.1) is 12.3 Å². The van der Waals surface area contributed by atoms with E-state index < -0.39 is 0 Å². The largest absolute Gasteiger partial charge is 0.309 e. The van der Waals surface area contributed by atoms with Gasteiger partial charge in [0, 0.05) is 0 Å². The van der Waals surface area contributed by atoms with E-state index in [1.807, 2.05) is 21.1 Å². The molecule has 0 rings (SSSR count). The molecule has 1 atom stereocenters. The summed E-state index contributed by atoms with van der Waals surface area (Å²) >= 11 is 0. The molecule has 0 aliphatic heterocycles. The third kappa shape index (κ3) is 4.37. The Kier molecular flexibility index (Phi) is 5.00. The maximum Gasteiger partial charge on any atom is 0.0696 e. The average Bonchev–Trinajstić information content (AvgIpc) is 1.90. The molecule has 0 saturated heterocycles. The summed E-state index contributed by atoms with van der Waals surface area (Å²) in [6.07, 6.45) is 6.25. The van der Waals surface area contributed by atoms with Crippen LogP contribution in [-0.4, -0.2) is 38.6 Å². The zero-order valence-corrected chi connectivity index (χ0v) is 7.02. The number of rotatable bonds is 4. The second-order valence-corrected chi connectivity index (χ2v) is 2.60. The summed E-state index contributed by atoms with van der Waals surface area (Å²) in [6.45, 7) is 1.04. The van der Waals surface area contributed by atoms with E-state index in [1.165, 1.54) is 0 Å². The lowest BCUT2D eigenvalue weighted by atomic mass is 10.2. The number of nitrogens with one attached hydrogen (secondary N) is 1. The fourth-order valence-electron chi connectivity index (χ4n) is 0.698. The number of hydrogen-bond donors (Lipinski definition) is 1. The molecule has 0 aromatic rings. The van der Waals surface area contributed by atoms with Crippen molar-refractivity contribution in [2.24, 2.45) is 0 Å². The van der Waals surface area contributed by atoms with Crippen molar-refractivity contribution in [3.8, 4) is 12.3 Å². The van der Waals surface area contributed by atoms with Gasteiger partial charge in [-0.25, -0.2) is 0 Å². The molecule has 1 N–H and O–H groups in total. The van der Waals surface area contributed by atoms with Gasteiger partial charge in [-0.1, -0.05) is 5.92 Å². The smallest absolute Gasteiger partial charge is 0.0696 e. The molecule has 0 heterocycles. The van der Waals surface area contributed by atoms with Crippen molar-refractivity contribution in [2.45, 2.75) is 12.5 Å². The van der Waals surface area contributed by atoms with Gasteiger partial charge in [0.05, 0.1) is 6.04 Å². The minimum Gasteiger partial charge on any atom is -0.309 e. The summed E-state index contributed by atoms with van der Waals surface area (Å²) in [4.78, 5) is 2.13. The van der Waals surface area contributed by atoms with Gasteiger partial charge in [-0.3, -0.25) is 0 Å². The molecule has 2 nitrogen and oxygen atoms in total. The van der Waals surface area contributed by atoms with Gasteiger partial charge in [-0.05, 0) is 34.1 Å². The predicted octanol–water partition coefficient (Wildman–Crippen LogP) is 0.159. The Labute approximate surface area is 63.6 Å². The van der Waals surface area contributed by atoms with Crippen LogP contribution in [-0.2, 0) is 0 Å². The third-order valence-electron chi connectivity index (χ3n) is 1.41. The molecule has 0 aliphatic rings. The van der Waals surface area contributed by atoms with E-state index in [2.05, 4.69) is 16.1 Å². The van der Waals surface area contributed by atoms with Crippen LogP contribution in [0.5, 0.6) is 0 Å². The molecule has 0 aromatic heterocycles. The van der Waals surface area contributed by atoms with Crippen molar-refractivity contribution in [3.05, 3.63) is 0 Å². The summed E-state index contributed by atoms with van der Waals surface area (Å²) < 4.78 is 0.